The summed E-state index contributed by atoms with van der Waals surface area (Å²) >= 11 is 0. The summed E-state index contributed by atoms with van der Waals surface area (Å²) < 4.78 is 17.2. The van der Waals surface area contributed by atoms with Crippen LogP contribution in [-0.4, -0.2) is 112 Å². The lowest BCUT2D eigenvalue weighted by Gasteiger charge is -2.46. The first-order valence-corrected chi connectivity index (χ1v) is 22.9. The molecule has 0 bridgehead atoms. The van der Waals surface area contributed by atoms with E-state index in [1.807, 2.05) is 0 Å². The van der Waals surface area contributed by atoms with E-state index in [0.29, 0.717) is 25.0 Å². The number of aliphatic hydroxyl groups is 6. The molecule has 2 saturated heterocycles. The van der Waals surface area contributed by atoms with Gasteiger partial charge in [0, 0.05) is 0 Å². The number of hydrogen-bond donors (Lipinski definition) is 7. The topological polar surface area (TPSA) is 161 Å². The van der Waals surface area contributed by atoms with Crippen LogP contribution in [0.2, 0.25) is 0 Å². The van der Waals surface area contributed by atoms with Crippen LogP contribution in [0.3, 0.4) is 0 Å². The van der Waals surface area contributed by atoms with Gasteiger partial charge in [-0.15, -0.1) is 0 Å². The Balaban J connectivity index is 1.41. The van der Waals surface area contributed by atoms with Gasteiger partial charge in [0.05, 0.1) is 50.2 Å². The average molecular weight is 784 g/mol. The number of rotatable bonds is 32. The number of unbranched alkanes of at least 4 members (excludes halogenated alkanes) is 18. The summed E-state index contributed by atoms with van der Waals surface area (Å²) in [6, 6.07) is -0.696. The Morgan fingerprint density at radius 3 is 1.80 bits per heavy atom. The molecule has 10 nitrogen and oxygen atoms in total. The van der Waals surface area contributed by atoms with Gasteiger partial charge in [-0.1, -0.05) is 161 Å². The van der Waals surface area contributed by atoms with Gasteiger partial charge < -0.3 is 44.8 Å². The third-order valence-corrected chi connectivity index (χ3v) is 12.8. The second-order valence-corrected chi connectivity index (χ2v) is 18.1. The Morgan fingerprint density at radius 1 is 0.745 bits per heavy atom. The van der Waals surface area contributed by atoms with Gasteiger partial charge >= 0.3 is 0 Å². The molecule has 10 heteroatoms. The first-order valence-electron chi connectivity index (χ1n) is 22.9. The molecule has 3 aliphatic rings. The minimum Gasteiger partial charge on any atom is -0.394 e. The molecule has 0 radical (unpaired) electrons. The summed E-state index contributed by atoms with van der Waals surface area (Å²) in [5.41, 5.74) is 0.0364. The smallest absolute Gasteiger partial charge is 0.186 e. The highest BCUT2D eigenvalue weighted by atomic mass is 16.7. The van der Waals surface area contributed by atoms with Crippen LogP contribution in [-0.2, 0) is 14.2 Å². The van der Waals surface area contributed by atoms with Gasteiger partial charge in [0.15, 0.2) is 6.29 Å². The molecule has 10 atom stereocenters. The Bertz CT molecular complexity index is 995. The summed E-state index contributed by atoms with van der Waals surface area (Å²) in [7, 11) is 0. The van der Waals surface area contributed by atoms with Crippen LogP contribution >= 0.6 is 0 Å². The van der Waals surface area contributed by atoms with Crippen LogP contribution in [0, 0.1) is 11.3 Å². The van der Waals surface area contributed by atoms with Crippen molar-refractivity contribution in [3.05, 3.63) is 12.2 Å². The lowest BCUT2D eigenvalue weighted by Crippen LogP contribution is -2.67. The van der Waals surface area contributed by atoms with Gasteiger partial charge in [-0.3, -0.25) is 5.32 Å². The molecule has 0 aromatic rings. The van der Waals surface area contributed by atoms with Crippen molar-refractivity contribution in [1.82, 2.24) is 5.32 Å². The molecule has 55 heavy (non-hydrogen) atoms. The minimum absolute atomic E-state index is 0.115. The molecule has 0 spiro atoms. The fourth-order valence-corrected chi connectivity index (χ4v) is 8.70. The van der Waals surface area contributed by atoms with E-state index in [4.69, 9.17) is 14.2 Å². The number of nitrogens with one attached hydrogen (secondary N) is 1. The zero-order chi connectivity index (χ0) is 39.9. The van der Waals surface area contributed by atoms with Crippen molar-refractivity contribution in [1.29, 1.82) is 0 Å². The average Bonchev–Trinajstić information content (AvgIpc) is 3.16. The summed E-state index contributed by atoms with van der Waals surface area (Å²) in [5.74, 6) is 0.731. The van der Waals surface area contributed by atoms with E-state index in [0.717, 1.165) is 44.4 Å². The van der Waals surface area contributed by atoms with Crippen LogP contribution in [0.5, 0.6) is 0 Å². The molecule has 2 heterocycles. The Morgan fingerprint density at radius 2 is 1.29 bits per heavy atom. The molecule has 0 aromatic heterocycles. The highest BCUT2D eigenvalue weighted by molar-refractivity contribution is 5.03. The van der Waals surface area contributed by atoms with E-state index < -0.39 is 55.6 Å². The Kier molecular flexibility index (Phi) is 24.1. The van der Waals surface area contributed by atoms with Gasteiger partial charge in [0.2, 0.25) is 0 Å². The van der Waals surface area contributed by atoms with Crippen LogP contribution in [0.25, 0.3) is 0 Å². The standard InChI is InChI=1S/C45H85NO9/c1-4-5-6-7-8-9-10-11-12-15-18-21-24-37(48)39(49)36(32-54-43-42(52)41(51)40(50)38(31-47)55-43)46-45(33-53-34-45)28-23-20-17-14-13-16-19-22-27-44(3)29-25-35(2)26-30-44/h25,29,35-43,46-52H,4-24,26-28,30-34H2,1-3H3/t35?,36-,37+,38?,39-,40?,41?,42?,43?,44?/m0/s1. The molecular formula is C45H85NO9. The molecule has 0 saturated carbocycles. The molecular weight excluding hydrogens is 698 g/mol. The van der Waals surface area contributed by atoms with Crippen molar-refractivity contribution in [2.24, 2.45) is 11.3 Å². The Labute approximate surface area is 335 Å². The van der Waals surface area contributed by atoms with E-state index >= 15 is 0 Å². The molecule has 2 aliphatic heterocycles. The summed E-state index contributed by atoms with van der Waals surface area (Å²) in [5, 5.41) is 66.9. The van der Waals surface area contributed by atoms with Gasteiger partial charge in [0.1, 0.15) is 24.4 Å². The maximum absolute atomic E-state index is 11.5. The number of allylic oxidation sites excluding steroid dienone is 2. The van der Waals surface area contributed by atoms with Crippen molar-refractivity contribution < 1.29 is 44.8 Å². The first-order chi connectivity index (χ1) is 26.5. The van der Waals surface area contributed by atoms with E-state index in [2.05, 4.69) is 38.2 Å². The normalized spacial score (nSPS) is 29.5. The van der Waals surface area contributed by atoms with Crippen LogP contribution in [0.15, 0.2) is 12.2 Å². The molecule has 0 amide bonds. The van der Waals surface area contributed by atoms with E-state index in [-0.39, 0.29) is 12.1 Å². The fraction of sp³-hybridized carbons (Fsp3) is 0.956. The molecule has 3 rings (SSSR count). The van der Waals surface area contributed by atoms with Crippen LogP contribution in [0.4, 0.5) is 0 Å². The highest BCUT2D eigenvalue weighted by Crippen LogP contribution is 2.37. The van der Waals surface area contributed by atoms with Gasteiger partial charge in [-0.2, -0.15) is 0 Å². The molecule has 324 valence electrons. The Hall–Kier alpha value is -0.660. The lowest BCUT2D eigenvalue weighted by molar-refractivity contribution is -0.303. The molecule has 1 aliphatic carbocycles. The summed E-state index contributed by atoms with van der Waals surface area (Å²) in [6.07, 6.45) is 25.5. The first kappa shape index (κ1) is 48.7. The van der Waals surface area contributed by atoms with Crippen molar-refractivity contribution in [2.75, 3.05) is 26.4 Å². The van der Waals surface area contributed by atoms with Crippen molar-refractivity contribution in [3.8, 4) is 0 Å². The third kappa shape index (κ3) is 18.0. The highest BCUT2D eigenvalue weighted by Gasteiger charge is 2.46. The maximum atomic E-state index is 11.5. The number of hydrogen-bond acceptors (Lipinski definition) is 10. The quantitative estimate of drug-likeness (QED) is 0.0274. The van der Waals surface area contributed by atoms with Gasteiger partial charge in [-0.25, -0.2) is 0 Å². The predicted octanol–water partition coefficient (Wildman–Crippen LogP) is 7.24. The van der Waals surface area contributed by atoms with E-state index in [9.17, 15) is 30.6 Å². The SMILES string of the molecule is CCCCCCCCCCCCCC[C@@H](O)[C@@H](O)[C@H](COC1OC(CO)C(O)C(O)C1O)NC1(CCCCCCCCCCC2(C)C=CC(C)CC2)COC1. The summed E-state index contributed by atoms with van der Waals surface area (Å²) in [4.78, 5) is 0. The zero-order valence-corrected chi connectivity index (χ0v) is 35.3. The predicted molar refractivity (Wildman–Crippen MR) is 220 cm³/mol. The van der Waals surface area contributed by atoms with E-state index in [1.165, 1.54) is 116 Å². The summed E-state index contributed by atoms with van der Waals surface area (Å²) in [6.45, 7) is 7.31. The fourth-order valence-electron chi connectivity index (χ4n) is 8.70. The second-order valence-electron chi connectivity index (χ2n) is 18.1. The van der Waals surface area contributed by atoms with Crippen LogP contribution < -0.4 is 5.32 Å². The third-order valence-electron chi connectivity index (χ3n) is 12.8. The number of ether oxygens (including phenoxy) is 3. The van der Waals surface area contributed by atoms with Gasteiger partial charge in [0.25, 0.3) is 0 Å². The van der Waals surface area contributed by atoms with Crippen LogP contribution in [0.1, 0.15) is 181 Å². The van der Waals surface area contributed by atoms with Crippen molar-refractivity contribution >= 4 is 0 Å². The minimum atomic E-state index is -1.55. The largest absolute Gasteiger partial charge is 0.394 e. The van der Waals surface area contributed by atoms with E-state index in [1.54, 1.807) is 0 Å². The molecule has 2 fully saturated rings. The monoisotopic (exact) mass is 784 g/mol. The maximum Gasteiger partial charge on any atom is 0.186 e. The van der Waals surface area contributed by atoms with Crippen molar-refractivity contribution in [3.63, 3.8) is 0 Å². The van der Waals surface area contributed by atoms with Crippen molar-refractivity contribution in [2.45, 2.75) is 236 Å². The zero-order valence-electron chi connectivity index (χ0n) is 35.3. The van der Waals surface area contributed by atoms with Gasteiger partial charge in [-0.05, 0) is 43.4 Å². The lowest BCUT2D eigenvalue weighted by atomic mass is 9.74. The second kappa shape index (κ2) is 27.2. The molecule has 7 unspecified atom stereocenters. The number of aliphatic hydroxyl groups excluding tert-OH is 6. The molecule has 0 aromatic carbocycles. The molecule has 7 N–H and O–H groups in total.